The number of hydrogen-bond donors (Lipinski definition) is 1. The number of unbranched alkanes of at least 4 members (excludes halogenated alkanes) is 3. The van der Waals surface area contributed by atoms with Crippen LogP contribution in [-0.4, -0.2) is 19.2 Å². The summed E-state index contributed by atoms with van der Waals surface area (Å²) in [7, 11) is 0. The lowest BCUT2D eigenvalue weighted by atomic mass is 9.98. The van der Waals surface area contributed by atoms with Crippen molar-refractivity contribution in [3.8, 4) is 11.1 Å². The first-order valence-electron chi connectivity index (χ1n) is 8.69. The maximum absolute atomic E-state index is 11.9. The molecule has 1 N–H and O–H groups in total. The van der Waals surface area contributed by atoms with Crippen LogP contribution < -0.4 is 5.32 Å². The zero-order chi connectivity index (χ0) is 16.8. The van der Waals surface area contributed by atoms with Gasteiger partial charge in [0.25, 0.3) is 0 Å². The van der Waals surface area contributed by atoms with E-state index in [9.17, 15) is 4.79 Å². The van der Waals surface area contributed by atoms with Crippen LogP contribution in [0.1, 0.15) is 42.7 Å². The fraction of sp³-hybridized carbons (Fsp3) is 0.333. The van der Waals surface area contributed by atoms with Gasteiger partial charge in [0, 0.05) is 12.5 Å². The van der Waals surface area contributed by atoms with E-state index in [2.05, 4.69) is 48.6 Å². The minimum absolute atomic E-state index is 0.120. The van der Waals surface area contributed by atoms with Crippen molar-refractivity contribution in [3.05, 3.63) is 66.6 Å². The molecule has 0 saturated heterocycles. The standard InChI is InChI=1S/C21H24NO2/c1-2-3-4-9-14-22-21(23)24-15-20-18-12-7-5-10-16(18)17-11-6-8-13-19(17)20/h5-8,10-13,20H,1-4,9,14-15H2,(H,22,23). The molecule has 24 heavy (non-hydrogen) atoms. The van der Waals surface area contributed by atoms with E-state index in [4.69, 9.17) is 4.74 Å². The number of benzene rings is 2. The number of alkyl carbamates (subject to hydrolysis) is 1. The van der Waals surface area contributed by atoms with Crippen LogP contribution in [-0.2, 0) is 4.74 Å². The monoisotopic (exact) mass is 322 g/mol. The van der Waals surface area contributed by atoms with E-state index >= 15 is 0 Å². The van der Waals surface area contributed by atoms with Crippen molar-refractivity contribution in [2.24, 2.45) is 0 Å². The summed E-state index contributed by atoms with van der Waals surface area (Å²) in [5.41, 5.74) is 4.97. The zero-order valence-corrected chi connectivity index (χ0v) is 14.0. The maximum Gasteiger partial charge on any atom is 0.407 e. The average molecular weight is 322 g/mol. The molecule has 3 rings (SSSR count). The molecule has 0 fully saturated rings. The predicted molar refractivity (Wildman–Crippen MR) is 96.9 cm³/mol. The molecule has 0 atom stereocenters. The van der Waals surface area contributed by atoms with Crippen LogP contribution in [0.5, 0.6) is 0 Å². The Morgan fingerprint density at radius 3 is 2.21 bits per heavy atom. The number of fused-ring (bicyclic) bond motifs is 3. The SMILES string of the molecule is [CH2]CCCCCNC(=O)OCC1c2ccccc2-c2ccccc21. The molecular formula is C21H24NO2. The van der Waals surface area contributed by atoms with E-state index in [-0.39, 0.29) is 12.0 Å². The van der Waals surface area contributed by atoms with Crippen molar-refractivity contribution in [1.82, 2.24) is 5.32 Å². The van der Waals surface area contributed by atoms with Crippen LogP contribution in [0.15, 0.2) is 48.5 Å². The Bertz CT molecular complexity index is 650. The van der Waals surface area contributed by atoms with E-state index in [1.165, 1.54) is 22.3 Å². The van der Waals surface area contributed by atoms with E-state index < -0.39 is 0 Å². The molecule has 0 unspecified atom stereocenters. The number of carbonyl (C=O) groups is 1. The van der Waals surface area contributed by atoms with Crippen LogP contribution in [0, 0.1) is 6.92 Å². The van der Waals surface area contributed by atoms with Crippen LogP contribution in [0.4, 0.5) is 4.79 Å². The molecule has 1 aliphatic carbocycles. The van der Waals surface area contributed by atoms with Crippen molar-refractivity contribution < 1.29 is 9.53 Å². The van der Waals surface area contributed by atoms with Gasteiger partial charge < -0.3 is 10.1 Å². The van der Waals surface area contributed by atoms with Gasteiger partial charge in [-0.3, -0.25) is 0 Å². The van der Waals surface area contributed by atoms with Crippen molar-refractivity contribution in [1.29, 1.82) is 0 Å². The molecule has 0 aromatic heterocycles. The highest BCUT2D eigenvalue weighted by molar-refractivity contribution is 5.79. The second kappa shape index (κ2) is 8.00. The summed E-state index contributed by atoms with van der Waals surface area (Å²) in [5.74, 6) is 0.120. The minimum atomic E-state index is -0.327. The van der Waals surface area contributed by atoms with Gasteiger partial charge in [0.1, 0.15) is 6.61 Å². The number of rotatable bonds is 7. The highest BCUT2D eigenvalue weighted by Gasteiger charge is 2.28. The highest BCUT2D eigenvalue weighted by Crippen LogP contribution is 2.44. The van der Waals surface area contributed by atoms with E-state index in [0.29, 0.717) is 13.2 Å². The second-order valence-corrected chi connectivity index (χ2v) is 6.17. The minimum Gasteiger partial charge on any atom is -0.449 e. The second-order valence-electron chi connectivity index (χ2n) is 6.17. The lowest BCUT2D eigenvalue weighted by Crippen LogP contribution is -2.27. The first-order chi connectivity index (χ1) is 11.8. The van der Waals surface area contributed by atoms with Crippen molar-refractivity contribution >= 4 is 6.09 Å². The topological polar surface area (TPSA) is 38.3 Å². The molecule has 125 valence electrons. The summed E-state index contributed by atoms with van der Waals surface area (Å²) in [6.07, 6.45) is 3.79. The smallest absolute Gasteiger partial charge is 0.407 e. The van der Waals surface area contributed by atoms with Crippen molar-refractivity contribution in [2.45, 2.75) is 31.6 Å². The van der Waals surface area contributed by atoms with E-state index in [1.54, 1.807) is 0 Å². The fourth-order valence-electron chi connectivity index (χ4n) is 3.32. The van der Waals surface area contributed by atoms with E-state index in [0.717, 1.165) is 25.7 Å². The molecule has 3 nitrogen and oxygen atoms in total. The van der Waals surface area contributed by atoms with Crippen LogP contribution in [0.25, 0.3) is 11.1 Å². The molecule has 0 saturated carbocycles. The molecule has 0 spiro atoms. The Kier molecular flexibility index (Phi) is 5.52. The van der Waals surface area contributed by atoms with E-state index in [1.807, 2.05) is 12.1 Å². The summed E-state index contributed by atoms with van der Waals surface area (Å²) >= 11 is 0. The van der Waals surface area contributed by atoms with Gasteiger partial charge >= 0.3 is 6.09 Å². The van der Waals surface area contributed by atoms with Gasteiger partial charge in [-0.25, -0.2) is 4.79 Å². The third-order valence-electron chi connectivity index (χ3n) is 4.54. The molecule has 2 aromatic carbocycles. The summed E-state index contributed by atoms with van der Waals surface area (Å²) in [5, 5.41) is 2.83. The zero-order valence-electron chi connectivity index (χ0n) is 14.0. The van der Waals surface area contributed by atoms with Crippen LogP contribution >= 0.6 is 0 Å². The lowest BCUT2D eigenvalue weighted by Gasteiger charge is -2.14. The number of carbonyl (C=O) groups excluding carboxylic acids is 1. The lowest BCUT2D eigenvalue weighted by molar-refractivity contribution is 0.143. The average Bonchev–Trinajstić information content (AvgIpc) is 2.94. The molecule has 0 heterocycles. The molecule has 1 aliphatic rings. The predicted octanol–water partition coefficient (Wildman–Crippen LogP) is 4.92. The fourth-order valence-corrected chi connectivity index (χ4v) is 3.32. The molecule has 1 amide bonds. The van der Waals surface area contributed by atoms with Crippen molar-refractivity contribution in [3.63, 3.8) is 0 Å². The highest BCUT2D eigenvalue weighted by atomic mass is 16.5. The third kappa shape index (κ3) is 3.61. The Morgan fingerprint density at radius 2 is 1.58 bits per heavy atom. The summed E-state index contributed by atoms with van der Waals surface area (Å²) in [6, 6.07) is 16.7. The van der Waals surface area contributed by atoms with Gasteiger partial charge in [0.05, 0.1) is 0 Å². The molecule has 2 aromatic rings. The number of ether oxygens (including phenoxy) is 1. The first kappa shape index (κ1) is 16.6. The Balaban J connectivity index is 1.58. The Labute approximate surface area is 144 Å². The quantitative estimate of drug-likeness (QED) is 0.735. The van der Waals surface area contributed by atoms with Crippen LogP contribution in [0.2, 0.25) is 0 Å². The Morgan fingerprint density at radius 1 is 0.958 bits per heavy atom. The summed E-state index contributed by atoms with van der Waals surface area (Å²) < 4.78 is 5.48. The summed E-state index contributed by atoms with van der Waals surface area (Å²) in [4.78, 5) is 11.9. The number of nitrogens with one attached hydrogen (secondary N) is 1. The third-order valence-corrected chi connectivity index (χ3v) is 4.54. The van der Waals surface area contributed by atoms with Crippen molar-refractivity contribution in [2.75, 3.05) is 13.2 Å². The van der Waals surface area contributed by atoms with Crippen LogP contribution in [0.3, 0.4) is 0 Å². The molecular weight excluding hydrogens is 298 g/mol. The van der Waals surface area contributed by atoms with Gasteiger partial charge in [-0.15, -0.1) is 0 Å². The number of amides is 1. The molecule has 3 heteroatoms. The maximum atomic E-state index is 11.9. The molecule has 0 bridgehead atoms. The molecule has 0 aliphatic heterocycles. The van der Waals surface area contributed by atoms with Gasteiger partial charge in [-0.05, 0) is 28.7 Å². The van der Waals surface area contributed by atoms with Gasteiger partial charge in [-0.1, -0.05) is 74.7 Å². The normalized spacial score (nSPS) is 12.5. The Hall–Kier alpha value is -2.29. The number of hydrogen-bond acceptors (Lipinski definition) is 2. The largest absolute Gasteiger partial charge is 0.449 e. The van der Waals surface area contributed by atoms with Gasteiger partial charge in [0.2, 0.25) is 0 Å². The van der Waals surface area contributed by atoms with Gasteiger partial charge in [0.15, 0.2) is 0 Å². The first-order valence-corrected chi connectivity index (χ1v) is 8.69. The summed E-state index contributed by atoms with van der Waals surface area (Å²) in [6.45, 7) is 4.85. The van der Waals surface area contributed by atoms with Gasteiger partial charge in [-0.2, -0.15) is 0 Å². The molecule has 1 radical (unpaired) electrons.